The molecule has 0 amide bonds. The SMILES string of the molecule is Cc1cc(C(C)Nc2ccc(Cl)nc2-c2ccc(OS(=O)(=O)C(F)(F)F)c(C=O)c2Cl)c2oc(C(C)C)c(C)c(=O)c2c1. The van der Waals surface area contributed by atoms with Crippen molar-refractivity contribution in [3.05, 3.63) is 84.8 Å². The minimum absolute atomic E-state index is 0.0287. The Hall–Kier alpha value is -3.61. The number of hydrogen-bond acceptors (Lipinski definition) is 8. The predicted octanol–water partition coefficient (Wildman–Crippen LogP) is 8.12. The van der Waals surface area contributed by atoms with E-state index >= 15 is 0 Å². The highest BCUT2D eigenvalue weighted by molar-refractivity contribution is 7.88. The highest BCUT2D eigenvalue weighted by atomic mass is 35.5. The molecule has 4 rings (SSSR count). The molecule has 1 N–H and O–H groups in total. The van der Waals surface area contributed by atoms with Crippen molar-refractivity contribution in [2.75, 3.05) is 5.32 Å². The molecule has 228 valence electrons. The van der Waals surface area contributed by atoms with Crippen molar-refractivity contribution in [1.29, 1.82) is 0 Å². The van der Waals surface area contributed by atoms with Crippen molar-refractivity contribution >= 4 is 56.3 Å². The van der Waals surface area contributed by atoms with E-state index in [-0.39, 0.29) is 34.0 Å². The molecule has 1 unspecified atom stereocenters. The van der Waals surface area contributed by atoms with Crippen LogP contribution < -0.4 is 14.9 Å². The average Bonchev–Trinajstić information content (AvgIpc) is 2.91. The molecule has 2 aromatic heterocycles. The Morgan fingerprint density at radius 1 is 1.07 bits per heavy atom. The maximum atomic E-state index is 13.2. The number of carbonyl (C=O) groups is 1. The van der Waals surface area contributed by atoms with Gasteiger partial charge in [0.2, 0.25) is 0 Å². The number of aromatic nitrogens is 1. The molecule has 0 radical (unpaired) electrons. The Kier molecular flexibility index (Phi) is 8.88. The summed E-state index contributed by atoms with van der Waals surface area (Å²) in [6, 6.07) is 8.21. The third kappa shape index (κ3) is 6.22. The molecule has 43 heavy (non-hydrogen) atoms. The maximum Gasteiger partial charge on any atom is 0.534 e. The lowest BCUT2D eigenvalue weighted by Gasteiger charge is -2.21. The van der Waals surface area contributed by atoms with Gasteiger partial charge in [-0.3, -0.25) is 9.59 Å². The quantitative estimate of drug-likeness (QED) is 0.0875. The summed E-state index contributed by atoms with van der Waals surface area (Å²) in [7, 11) is -6.07. The molecule has 0 aliphatic rings. The van der Waals surface area contributed by atoms with Crippen molar-refractivity contribution < 1.29 is 35.0 Å². The highest BCUT2D eigenvalue weighted by Crippen LogP contribution is 2.41. The van der Waals surface area contributed by atoms with E-state index in [2.05, 4.69) is 14.5 Å². The molecule has 1 atom stereocenters. The molecule has 4 aromatic rings. The molecule has 2 heterocycles. The Morgan fingerprint density at radius 2 is 1.74 bits per heavy atom. The maximum absolute atomic E-state index is 13.2. The first-order valence-corrected chi connectivity index (χ1v) is 14.9. The first kappa shape index (κ1) is 32.3. The van der Waals surface area contributed by atoms with Crippen LogP contribution in [0.4, 0.5) is 18.9 Å². The number of rotatable bonds is 8. The summed E-state index contributed by atoms with van der Waals surface area (Å²) in [4.78, 5) is 29.4. The number of alkyl halides is 3. The van der Waals surface area contributed by atoms with Crippen LogP contribution in [0.25, 0.3) is 22.2 Å². The van der Waals surface area contributed by atoms with Crippen LogP contribution in [0.15, 0.2) is 45.6 Å². The molecular formula is C29H25Cl2F3N2O6S. The van der Waals surface area contributed by atoms with Crippen LogP contribution in [-0.4, -0.2) is 25.2 Å². The number of carbonyl (C=O) groups excluding carboxylic acids is 1. The second kappa shape index (κ2) is 11.8. The van der Waals surface area contributed by atoms with Gasteiger partial charge in [0.05, 0.1) is 33.4 Å². The van der Waals surface area contributed by atoms with Crippen LogP contribution in [0.1, 0.15) is 65.5 Å². The van der Waals surface area contributed by atoms with Gasteiger partial charge >= 0.3 is 15.6 Å². The zero-order chi connectivity index (χ0) is 32.0. The zero-order valence-corrected chi connectivity index (χ0v) is 25.7. The molecule has 14 heteroatoms. The summed E-state index contributed by atoms with van der Waals surface area (Å²) in [6.07, 6.45) is 0.0720. The van der Waals surface area contributed by atoms with Gasteiger partial charge in [-0.15, -0.1) is 0 Å². The topological polar surface area (TPSA) is 116 Å². The molecule has 0 aliphatic carbocycles. The number of hydrogen-bond donors (Lipinski definition) is 1. The number of anilines is 1. The van der Waals surface area contributed by atoms with Gasteiger partial charge in [-0.2, -0.15) is 21.6 Å². The fraction of sp³-hybridized carbons (Fsp3) is 0.276. The van der Waals surface area contributed by atoms with Crippen molar-refractivity contribution in [2.45, 2.75) is 52.1 Å². The summed E-state index contributed by atoms with van der Waals surface area (Å²) in [5, 5.41) is 3.32. The lowest BCUT2D eigenvalue weighted by molar-refractivity contribution is -0.0500. The molecule has 0 saturated carbocycles. The summed E-state index contributed by atoms with van der Waals surface area (Å²) in [5.74, 6) is -0.399. The van der Waals surface area contributed by atoms with E-state index in [4.69, 9.17) is 27.6 Å². The number of halogens is 5. The van der Waals surface area contributed by atoms with Crippen molar-refractivity contribution in [3.63, 3.8) is 0 Å². The van der Waals surface area contributed by atoms with E-state index in [1.54, 1.807) is 19.1 Å². The lowest BCUT2D eigenvalue weighted by Crippen LogP contribution is -2.28. The van der Waals surface area contributed by atoms with Gasteiger partial charge in [0.25, 0.3) is 0 Å². The molecule has 0 spiro atoms. The number of aldehydes is 1. The van der Waals surface area contributed by atoms with E-state index in [1.807, 2.05) is 33.8 Å². The number of nitrogens with one attached hydrogen (secondary N) is 1. The van der Waals surface area contributed by atoms with Gasteiger partial charge in [0.15, 0.2) is 17.5 Å². The number of nitrogens with zero attached hydrogens (tertiary/aromatic N) is 1. The van der Waals surface area contributed by atoms with Gasteiger partial charge in [0, 0.05) is 22.6 Å². The Labute approximate surface area is 254 Å². The lowest BCUT2D eigenvalue weighted by atomic mass is 9.98. The van der Waals surface area contributed by atoms with Crippen LogP contribution in [0, 0.1) is 13.8 Å². The zero-order valence-electron chi connectivity index (χ0n) is 23.4. The van der Waals surface area contributed by atoms with Crippen molar-refractivity contribution in [3.8, 4) is 17.0 Å². The van der Waals surface area contributed by atoms with Gasteiger partial charge < -0.3 is 13.9 Å². The molecule has 0 fully saturated rings. The first-order chi connectivity index (χ1) is 20.0. The number of pyridine rings is 1. The second-order valence-electron chi connectivity index (χ2n) is 10.1. The smallest absolute Gasteiger partial charge is 0.460 e. The average molecular weight is 657 g/mol. The monoisotopic (exact) mass is 656 g/mol. The molecule has 0 saturated heterocycles. The fourth-order valence-corrected chi connectivity index (χ4v) is 5.54. The number of benzene rings is 2. The van der Waals surface area contributed by atoms with Gasteiger partial charge in [0.1, 0.15) is 16.5 Å². The molecule has 2 aromatic carbocycles. The highest BCUT2D eigenvalue weighted by Gasteiger charge is 2.49. The largest absolute Gasteiger partial charge is 0.534 e. The molecule has 0 bridgehead atoms. The van der Waals surface area contributed by atoms with E-state index in [1.165, 1.54) is 6.07 Å². The van der Waals surface area contributed by atoms with Crippen molar-refractivity contribution in [2.24, 2.45) is 0 Å². The standard InChI is InChI=1S/C29H25Cl2F3N2O6S/c1-13(2)27-15(4)26(38)19-11-14(3)10-18(28(19)41-27)16(5)35-21-7-9-23(30)36-25(21)17-6-8-22(20(12-37)24(17)31)42-43(39,40)29(32,33)34/h6-13,16,35H,1-5H3. The van der Waals surface area contributed by atoms with E-state index in [0.717, 1.165) is 17.7 Å². The second-order valence-corrected chi connectivity index (χ2v) is 12.4. The molecule has 8 nitrogen and oxygen atoms in total. The summed E-state index contributed by atoms with van der Waals surface area (Å²) < 4.78 is 72.2. The third-order valence-electron chi connectivity index (χ3n) is 6.65. The van der Waals surface area contributed by atoms with Crippen LogP contribution in [-0.2, 0) is 10.1 Å². The normalized spacial score (nSPS) is 12.9. The predicted molar refractivity (Wildman–Crippen MR) is 159 cm³/mol. The summed E-state index contributed by atoms with van der Waals surface area (Å²) >= 11 is 12.6. The minimum Gasteiger partial charge on any atom is -0.460 e. The van der Waals surface area contributed by atoms with Crippen LogP contribution in [0.5, 0.6) is 5.75 Å². The van der Waals surface area contributed by atoms with E-state index in [0.29, 0.717) is 33.5 Å². The number of aryl methyl sites for hydroxylation is 1. The van der Waals surface area contributed by atoms with Crippen LogP contribution in [0.3, 0.4) is 0 Å². The van der Waals surface area contributed by atoms with E-state index < -0.39 is 38.0 Å². The number of fused-ring (bicyclic) bond motifs is 1. The first-order valence-electron chi connectivity index (χ1n) is 12.8. The Balaban J connectivity index is 1.83. The van der Waals surface area contributed by atoms with Crippen molar-refractivity contribution in [1.82, 2.24) is 4.98 Å². The Morgan fingerprint density at radius 3 is 2.35 bits per heavy atom. The summed E-state index contributed by atoms with van der Waals surface area (Å²) in [6.45, 7) is 9.23. The summed E-state index contributed by atoms with van der Waals surface area (Å²) in [5.41, 5.74) is -3.59. The minimum atomic E-state index is -6.07. The van der Waals surface area contributed by atoms with Gasteiger partial charge in [-0.1, -0.05) is 43.1 Å². The van der Waals surface area contributed by atoms with E-state index in [9.17, 15) is 31.2 Å². The van der Waals surface area contributed by atoms with Gasteiger partial charge in [-0.05, 0) is 56.7 Å². The fourth-order valence-electron chi connectivity index (χ4n) is 4.63. The Bertz CT molecular complexity index is 1920. The van der Waals surface area contributed by atoms with Gasteiger partial charge in [-0.25, -0.2) is 4.98 Å². The van der Waals surface area contributed by atoms with Crippen LogP contribution >= 0.6 is 23.2 Å². The third-order valence-corrected chi connectivity index (χ3v) is 8.23. The molecular weight excluding hydrogens is 632 g/mol. The van der Waals surface area contributed by atoms with Crippen LogP contribution in [0.2, 0.25) is 10.2 Å². The molecule has 0 aliphatic heterocycles.